The highest BCUT2D eigenvalue weighted by Gasteiger charge is 2.49. The Labute approximate surface area is 186 Å². The van der Waals surface area contributed by atoms with Gasteiger partial charge in [0, 0.05) is 32.9 Å². The van der Waals surface area contributed by atoms with Crippen LogP contribution < -0.4 is 5.32 Å². The molecule has 1 aliphatic heterocycles. The molecule has 2 fully saturated rings. The van der Waals surface area contributed by atoms with E-state index >= 15 is 0 Å². The Morgan fingerprint density at radius 1 is 1.32 bits per heavy atom. The van der Waals surface area contributed by atoms with Crippen molar-refractivity contribution in [1.29, 1.82) is 0 Å². The largest absolute Gasteiger partial charge is 0.302 e. The quantitative estimate of drug-likeness (QED) is 0.736. The number of nitrogens with zero attached hydrogens (tertiary/aromatic N) is 2. The van der Waals surface area contributed by atoms with Crippen molar-refractivity contribution in [3.05, 3.63) is 41.6 Å². The van der Waals surface area contributed by atoms with Crippen LogP contribution in [0, 0.1) is 18.3 Å². The highest BCUT2D eigenvalue weighted by molar-refractivity contribution is 7.91. The highest BCUT2D eigenvalue weighted by Crippen LogP contribution is 2.49. The second-order valence-corrected chi connectivity index (χ2v) is 11.8. The van der Waals surface area contributed by atoms with E-state index in [4.69, 9.17) is 0 Å². The molecule has 1 saturated heterocycles. The Hall–Kier alpha value is -2.10. The Kier molecular flexibility index (Phi) is 6.02. The van der Waals surface area contributed by atoms with Gasteiger partial charge in [-0.2, -0.15) is 4.31 Å². The number of carbonyl (C=O) groups excluding carboxylic acids is 2. The van der Waals surface area contributed by atoms with Crippen LogP contribution in [0.15, 0.2) is 34.5 Å². The van der Waals surface area contributed by atoms with Gasteiger partial charge in [-0.25, -0.2) is 13.4 Å². The normalized spacial score (nSPS) is 24.6. The molecule has 1 N–H and O–H groups in total. The number of nitrogens with one attached hydrogen (secondary N) is 1. The molecule has 0 radical (unpaired) electrons. The van der Waals surface area contributed by atoms with Crippen LogP contribution in [-0.2, 0) is 26.0 Å². The fourth-order valence-electron chi connectivity index (χ4n) is 4.97. The summed E-state index contributed by atoms with van der Waals surface area (Å²) in [5.74, 6) is 0.188. The number of amides is 1. The van der Waals surface area contributed by atoms with E-state index in [0.29, 0.717) is 49.6 Å². The van der Waals surface area contributed by atoms with Gasteiger partial charge in [-0.15, -0.1) is 0 Å². The lowest BCUT2D eigenvalue weighted by molar-refractivity contribution is -0.126. The van der Waals surface area contributed by atoms with Gasteiger partial charge in [0.15, 0.2) is 9.34 Å². The van der Waals surface area contributed by atoms with Crippen molar-refractivity contribution < 1.29 is 18.0 Å². The molecular formula is C22H27N3O4S2. The van der Waals surface area contributed by atoms with Gasteiger partial charge in [0.05, 0.1) is 5.69 Å². The molecule has 1 amide bonds. The summed E-state index contributed by atoms with van der Waals surface area (Å²) in [5, 5.41) is 2.87. The minimum absolute atomic E-state index is 0.177. The van der Waals surface area contributed by atoms with Crippen molar-refractivity contribution in [3.8, 4) is 0 Å². The predicted molar refractivity (Wildman–Crippen MR) is 119 cm³/mol. The number of hydrogen-bond acceptors (Lipinski definition) is 6. The first-order valence-corrected chi connectivity index (χ1v) is 12.8. The third-order valence-corrected chi connectivity index (χ3v) is 9.98. The highest BCUT2D eigenvalue weighted by atomic mass is 32.2. The number of carbonyl (C=O) groups is 2. The zero-order chi connectivity index (χ0) is 22.2. The van der Waals surface area contributed by atoms with Crippen LogP contribution in [-0.4, -0.2) is 42.5 Å². The zero-order valence-corrected chi connectivity index (χ0v) is 19.4. The summed E-state index contributed by atoms with van der Waals surface area (Å²) in [5.41, 5.74) is 1.31. The van der Waals surface area contributed by atoms with Gasteiger partial charge in [0.2, 0.25) is 5.91 Å². The second kappa shape index (κ2) is 8.44. The number of hydrogen-bond donors (Lipinski definition) is 1. The number of benzene rings is 1. The lowest BCUT2D eigenvalue weighted by atomic mass is 9.60. The van der Waals surface area contributed by atoms with Crippen molar-refractivity contribution in [2.45, 2.75) is 50.2 Å². The number of ketones is 1. The monoisotopic (exact) mass is 461 g/mol. The fraction of sp³-hybridized carbons (Fsp3) is 0.500. The molecule has 31 heavy (non-hydrogen) atoms. The molecule has 0 spiro atoms. The van der Waals surface area contributed by atoms with E-state index in [1.807, 2.05) is 18.2 Å². The van der Waals surface area contributed by atoms with E-state index in [1.54, 1.807) is 11.2 Å². The molecule has 1 aliphatic carbocycles. The summed E-state index contributed by atoms with van der Waals surface area (Å²) in [7, 11) is -3.75. The van der Waals surface area contributed by atoms with E-state index in [1.165, 1.54) is 12.5 Å². The Morgan fingerprint density at radius 3 is 2.77 bits per heavy atom. The van der Waals surface area contributed by atoms with E-state index in [0.717, 1.165) is 17.8 Å². The maximum atomic E-state index is 13.6. The maximum absolute atomic E-state index is 13.6. The van der Waals surface area contributed by atoms with Gasteiger partial charge < -0.3 is 5.32 Å². The molecule has 9 heteroatoms. The van der Waals surface area contributed by atoms with Crippen molar-refractivity contribution >= 4 is 38.2 Å². The smallest absolute Gasteiger partial charge is 0.254 e. The van der Waals surface area contributed by atoms with Crippen LogP contribution in [0.4, 0.5) is 5.13 Å². The second-order valence-electron chi connectivity index (χ2n) is 8.66. The number of rotatable bonds is 5. The first-order chi connectivity index (χ1) is 14.7. The summed E-state index contributed by atoms with van der Waals surface area (Å²) in [6, 6.07) is 10.1. The molecule has 2 atom stereocenters. The standard InChI is InChI=1S/C22H27N3O4S2/c1-15-20(30-21(23-15)24-16(2)26)31(28,29)25-11-9-18-12-19(27)8-10-22(18,14-25)13-17-6-4-3-5-7-17/h3-7,18H,8-14H2,1-2H3,(H,23,24,26). The molecule has 2 aromatic rings. The van der Waals surface area contributed by atoms with Crippen LogP contribution in [0.3, 0.4) is 0 Å². The van der Waals surface area contributed by atoms with Crippen LogP contribution in [0.25, 0.3) is 0 Å². The predicted octanol–water partition coefficient (Wildman–Crippen LogP) is 3.40. The van der Waals surface area contributed by atoms with E-state index < -0.39 is 10.0 Å². The number of piperidine rings is 1. The number of fused-ring (bicyclic) bond motifs is 1. The van der Waals surface area contributed by atoms with Gasteiger partial charge in [-0.05, 0) is 43.1 Å². The molecule has 166 valence electrons. The van der Waals surface area contributed by atoms with E-state index in [2.05, 4.69) is 22.4 Å². The van der Waals surface area contributed by atoms with Crippen molar-refractivity contribution in [2.75, 3.05) is 18.4 Å². The first kappa shape index (κ1) is 22.1. The molecule has 2 aliphatic rings. The molecule has 0 bridgehead atoms. The molecule has 4 rings (SSSR count). The number of thiazole rings is 1. The van der Waals surface area contributed by atoms with E-state index in [-0.39, 0.29) is 27.2 Å². The number of anilines is 1. The Balaban J connectivity index is 1.65. The fourth-order valence-corrected chi connectivity index (χ4v) is 8.12. The molecule has 7 nitrogen and oxygen atoms in total. The topological polar surface area (TPSA) is 96.4 Å². The van der Waals surface area contributed by atoms with Gasteiger partial charge in [0.25, 0.3) is 10.0 Å². The maximum Gasteiger partial charge on any atom is 0.254 e. The molecule has 1 saturated carbocycles. The van der Waals surface area contributed by atoms with Crippen LogP contribution in [0.5, 0.6) is 0 Å². The van der Waals surface area contributed by atoms with Gasteiger partial charge in [0.1, 0.15) is 5.78 Å². The average Bonchev–Trinajstić information content (AvgIpc) is 3.09. The molecule has 1 aromatic heterocycles. The number of aromatic nitrogens is 1. The average molecular weight is 462 g/mol. The first-order valence-electron chi connectivity index (χ1n) is 10.5. The lowest BCUT2D eigenvalue weighted by Gasteiger charge is -2.50. The lowest BCUT2D eigenvalue weighted by Crippen LogP contribution is -2.54. The summed E-state index contributed by atoms with van der Waals surface area (Å²) in [6.45, 7) is 3.81. The molecule has 2 unspecified atom stereocenters. The number of sulfonamides is 1. The number of aryl methyl sites for hydroxylation is 1. The molecule has 1 aromatic carbocycles. The minimum atomic E-state index is -3.75. The third-order valence-electron chi connectivity index (χ3n) is 6.47. The van der Waals surface area contributed by atoms with Gasteiger partial charge in [-0.3, -0.25) is 9.59 Å². The Bertz CT molecular complexity index is 1100. The molecule has 2 heterocycles. The van der Waals surface area contributed by atoms with Crippen molar-refractivity contribution in [2.24, 2.45) is 11.3 Å². The van der Waals surface area contributed by atoms with Crippen LogP contribution in [0.2, 0.25) is 0 Å². The summed E-state index contributed by atoms with van der Waals surface area (Å²) in [6.07, 6.45) is 3.18. The SMILES string of the molecule is CC(=O)Nc1nc(C)c(S(=O)(=O)N2CCC3CC(=O)CCC3(Cc3ccccc3)C2)s1. The zero-order valence-electron chi connectivity index (χ0n) is 17.8. The minimum Gasteiger partial charge on any atom is -0.302 e. The summed E-state index contributed by atoms with van der Waals surface area (Å²) < 4.78 is 28.9. The molecular weight excluding hydrogens is 434 g/mol. The van der Waals surface area contributed by atoms with Crippen molar-refractivity contribution in [3.63, 3.8) is 0 Å². The van der Waals surface area contributed by atoms with Gasteiger partial charge >= 0.3 is 0 Å². The summed E-state index contributed by atoms with van der Waals surface area (Å²) >= 11 is 0.994. The Morgan fingerprint density at radius 2 is 2.06 bits per heavy atom. The van der Waals surface area contributed by atoms with Crippen molar-refractivity contribution in [1.82, 2.24) is 9.29 Å². The summed E-state index contributed by atoms with van der Waals surface area (Å²) in [4.78, 5) is 27.8. The number of Topliss-reactive ketones (excluding diaryl/α,β-unsaturated/α-hetero) is 1. The third kappa shape index (κ3) is 4.44. The van der Waals surface area contributed by atoms with Crippen LogP contribution in [0.1, 0.15) is 43.9 Å². The van der Waals surface area contributed by atoms with Gasteiger partial charge in [-0.1, -0.05) is 41.7 Å². The van der Waals surface area contributed by atoms with Crippen LogP contribution >= 0.6 is 11.3 Å². The van der Waals surface area contributed by atoms with E-state index in [9.17, 15) is 18.0 Å².